The van der Waals surface area contributed by atoms with Crippen LogP contribution in [0.25, 0.3) is 6.08 Å². The summed E-state index contributed by atoms with van der Waals surface area (Å²) in [5.41, 5.74) is 0.780. The number of carbonyl (C=O) groups is 2. The number of methoxy groups -OCH3 is 1. The molecule has 6 nitrogen and oxygen atoms in total. The van der Waals surface area contributed by atoms with E-state index >= 15 is 0 Å². The van der Waals surface area contributed by atoms with Crippen LogP contribution in [0.3, 0.4) is 0 Å². The summed E-state index contributed by atoms with van der Waals surface area (Å²) < 4.78 is 11.2. The van der Waals surface area contributed by atoms with Gasteiger partial charge in [0.1, 0.15) is 4.32 Å². The summed E-state index contributed by atoms with van der Waals surface area (Å²) >= 11 is 6.15. The summed E-state index contributed by atoms with van der Waals surface area (Å²) in [7, 11) is 1.52. The molecule has 0 bridgehead atoms. The molecule has 0 unspecified atom stereocenters. The van der Waals surface area contributed by atoms with Gasteiger partial charge in [0.2, 0.25) is 0 Å². The zero-order chi connectivity index (χ0) is 16.8. The molecule has 1 saturated heterocycles. The first-order chi connectivity index (χ1) is 11.0. The number of thiocarbonyl (C=S) groups is 1. The summed E-state index contributed by atoms with van der Waals surface area (Å²) in [5, 5.41) is 11.1. The lowest BCUT2D eigenvalue weighted by molar-refractivity contribution is -0.137. The lowest BCUT2D eigenvalue weighted by Gasteiger charge is -2.11. The summed E-state index contributed by atoms with van der Waals surface area (Å²) in [6.45, 7) is 0.287. The summed E-state index contributed by atoms with van der Waals surface area (Å²) in [6.07, 6.45) is 2.19. The molecule has 1 amide bonds. The van der Waals surface area contributed by atoms with Gasteiger partial charge >= 0.3 is 5.97 Å². The lowest BCUT2D eigenvalue weighted by atomic mass is 10.2. The van der Waals surface area contributed by atoms with E-state index in [1.54, 1.807) is 24.3 Å². The van der Waals surface area contributed by atoms with E-state index in [2.05, 4.69) is 5.32 Å². The van der Waals surface area contributed by atoms with Gasteiger partial charge in [-0.25, -0.2) is 0 Å². The van der Waals surface area contributed by atoms with Crippen LogP contribution in [0.4, 0.5) is 0 Å². The molecule has 1 aromatic carbocycles. The average molecular weight is 353 g/mol. The minimum atomic E-state index is -0.854. The van der Waals surface area contributed by atoms with Crippen LogP contribution < -0.4 is 14.8 Å². The molecule has 2 N–H and O–H groups in total. The maximum Gasteiger partial charge on any atom is 0.303 e. The number of rotatable bonds is 7. The molecule has 0 aromatic heterocycles. The molecular formula is C15H15NO5S2. The zero-order valence-corrected chi connectivity index (χ0v) is 14.0. The normalized spacial score (nSPS) is 15.6. The largest absolute Gasteiger partial charge is 0.493 e. The second-order valence-electron chi connectivity index (χ2n) is 4.61. The number of carboxylic acids is 1. The van der Waals surface area contributed by atoms with Crippen LogP contribution in [0.5, 0.6) is 11.5 Å². The van der Waals surface area contributed by atoms with Crippen LogP contribution in [0.1, 0.15) is 18.4 Å². The van der Waals surface area contributed by atoms with Crippen molar-refractivity contribution in [1.29, 1.82) is 0 Å². The van der Waals surface area contributed by atoms with E-state index in [0.29, 0.717) is 27.1 Å². The maximum atomic E-state index is 11.6. The molecule has 1 heterocycles. The molecule has 8 heteroatoms. The van der Waals surface area contributed by atoms with Crippen LogP contribution in [-0.2, 0) is 9.59 Å². The first-order valence-corrected chi connectivity index (χ1v) is 7.99. The van der Waals surface area contributed by atoms with E-state index in [0.717, 1.165) is 5.56 Å². The fraction of sp³-hybridized carbons (Fsp3) is 0.267. The van der Waals surface area contributed by atoms with Crippen LogP contribution in [0.2, 0.25) is 0 Å². The van der Waals surface area contributed by atoms with Gasteiger partial charge in [-0.3, -0.25) is 9.59 Å². The van der Waals surface area contributed by atoms with Gasteiger partial charge < -0.3 is 19.9 Å². The van der Waals surface area contributed by atoms with Crippen molar-refractivity contribution in [3.8, 4) is 11.5 Å². The van der Waals surface area contributed by atoms with Crippen LogP contribution in [-0.4, -0.2) is 35.0 Å². The van der Waals surface area contributed by atoms with E-state index in [-0.39, 0.29) is 18.9 Å². The minimum Gasteiger partial charge on any atom is -0.493 e. The third kappa shape index (κ3) is 4.97. The number of thioether (sulfide) groups is 1. The molecule has 122 valence electrons. The van der Waals surface area contributed by atoms with Gasteiger partial charge in [0.05, 0.1) is 18.6 Å². The number of nitrogens with one attached hydrogen (secondary N) is 1. The van der Waals surface area contributed by atoms with Crippen molar-refractivity contribution in [2.45, 2.75) is 12.8 Å². The molecule has 0 spiro atoms. The Morgan fingerprint density at radius 1 is 1.43 bits per heavy atom. The summed E-state index contributed by atoms with van der Waals surface area (Å²) in [4.78, 5) is 22.6. The molecule has 0 atom stereocenters. The quantitative estimate of drug-likeness (QED) is 0.442. The summed E-state index contributed by atoms with van der Waals surface area (Å²) in [5.74, 6) is -0.0273. The van der Waals surface area contributed by atoms with Crippen LogP contribution in [0.15, 0.2) is 23.1 Å². The standard InChI is InChI=1S/C15H15NO5S2/c1-20-11-7-9(8-12-14(19)16-15(22)23-12)4-5-10(11)21-6-2-3-13(17)18/h4-5,7-8H,2-3,6H2,1H3,(H,17,18)(H,16,19,22). The molecule has 1 fully saturated rings. The number of carboxylic acid groups (broad SMARTS) is 1. The first-order valence-electron chi connectivity index (χ1n) is 6.77. The van der Waals surface area contributed by atoms with Gasteiger partial charge in [0, 0.05) is 6.42 Å². The molecule has 1 aromatic rings. The topological polar surface area (TPSA) is 84.9 Å². The Hall–Kier alpha value is -2.06. The Morgan fingerprint density at radius 2 is 2.22 bits per heavy atom. The van der Waals surface area contributed by atoms with Gasteiger partial charge in [0.15, 0.2) is 11.5 Å². The van der Waals surface area contributed by atoms with E-state index in [1.807, 2.05) is 0 Å². The number of hydrogen-bond acceptors (Lipinski definition) is 6. The van der Waals surface area contributed by atoms with Gasteiger partial charge in [-0.05, 0) is 30.2 Å². The fourth-order valence-corrected chi connectivity index (χ4v) is 2.92. The predicted octanol–water partition coefficient (Wildman–Crippen LogP) is 2.43. The van der Waals surface area contributed by atoms with E-state index in [9.17, 15) is 9.59 Å². The Morgan fingerprint density at radius 3 is 2.83 bits per heavy atom. The Labute approximate surface area is 142 Å². The van der Waals surface area contributed by atoms with E-state index < -0.39 is 5.97 Å². The zero-order valence-electron chi connectivity index (χ0n) is 12.3. The van der Waals surface area contributed by atoms with Crippen molar-refractivity contribution < 1.29 is 24.2 Å². The molecular weight excluding hydrogens is 338 g/mol. The lowest BCUT2D eigenvalue weighted by Crippen LogP contribution is -2.17. The molecule has 0 aliphatic carbocycles. The number of amides is 1. The van der Waals surface area contributed by atoms with Crippen molar-refractivity contribution >= 4 is 46.3 Å². The molecule has 2 rings (SSSR count). The minimum absolute atomic E-state index is 0.0543. The molecule has 0 radical (unpaired) electrons. The Bertz CT molecular complexity index is 672. The second kappa shape index (κ2) is 7.98. The van der Waals surface area contributed by atoms with Crippen molar-refractivity contribution in [3.05, 3.63) is 28.7 Å². The van der Waals surface area contributed by atoms with Gasteiger partial charge in [-0.2, -0.15) is 0 Å². The maximum absolute atomic E-state index is 11.6. The van der Waals surface area contributed by atoms with Crippen molar-refractivity contribution in [1.82, 2.24) is 5.32 Å². The third-order valence-corrected chi connectivity index (χ3v) is 4.08. The average Bonchev–Trinajstić information content (AvgIpc) is 2.82. The van der Waals surface area contributed by atoms with E-state index in [1.165, 1.54) is 18.9 Å². The number of hydrogen-bond donors (Lipinski definition) is 2. The van der Waals surface area contributed by atoms with Crippen molar-refractivity contribution in [2.24, 2.45) is 0 Å². The van der Waals surface area contributed by atoms with E-state index in [4.69, 9.17) is 26.8 Å². The monoisotopic (exact) mass is 353 g/mol. The summed E-state index contributed by atoms with van der Waals surface area (Å²) in [6, 6.07) is 5.26. The van der Waals surface area contributed by atoms with Gasteiger partial charge in [-0.1, -0.05) is 30.0 Å². The highest BCUT2D eigenvalue weighted by atomic mass is 32.2. The highest BCUT2D eigenvalue weighted by Gasteiger charge is 2.22. The SMILES string of the molecule is COc1cc(C=C2SC(=S)NC2=O)ccc1OCCCC(=O)O. The highest BCUT2D eigenvalue weighted by Crippen LogP contribution is 2.31. The van der Waals surface area contributed by atoms with Crippen LogP contribution in [0, 0.1) is 0 Å². The fourth-order valence-electron chi connectivity index (χ4n) is 1.87. The number of ether oxygens (including phenoxy) is 2. The molecule has 23 heavy (non-hydrogen) atoms. The predicted molar refractivity (Wildman–Crippen MR) is 91.7 cm³/mol. The second-order valence-corrected chi connectivity index (χ2v) is 6.33. The van der Waals surface area contributed by atoms with Gasteiger partial charge in [-0.15, -0.1) is 0 Å². The Kier molecular flexibility index (Phi) is 6.00. The Balaban J connectivity index is 2.07. The highest BCUT2D eigenvalue weighted by molar-refractivity contribution is 8.26. The van der Waals surface area contributed by atoms with Crippen LogP contribution >= 0.6 is 24.0 Å². The van der Waals surface area contributed by atoms with Gasteiger partial charge in [0.25, 0.3) is 5.91 Å². The molecule has 1 aliphatic heterocycles. The number of benzene rings is 1. The smallest absolute Gasteiger partial charge is 0.303 e. The third-order valence-electron chi connectivity index (χ3n) is 2.92. The van der Waals surface area contributed by atoms with Crippen molar-refractivity contribution in [3.63, 3.8) is 0 Å². The number of carbonyl (C=O) groups excluding carboxylic acids is 1. The first kappa shape index (κ1) is 17.3. The molecule has 1 aliphatic rings. The number of aliphatic carboxylic acids is 1. The molecule has 0 saturated carbocycles. The van der Waals surface area contributed by atoms with Crippen molar-refractivity contribution in [2.75, 3.05) is 13.7 Å².